The normalized spacial score (nSPS) is 23.1. The zero-order valence-corrected chi connectivity index (χ0v) is 10.9. The van der Waals surface area contributed by atoms with Gasteiger partial charge in [-0.05, 0) is 6.92 Å². The highest BCUT2D eigenvalue weighted by molar-refractivity contribution is 7.91. The van der Waals surface area contributed by atoms with Crippen molar-refractivity contribution in [3.63, 3.8) is 0 Å². The lowest BCUT2D eigenvalue weighted by molar-refractivity contribution is 0.169. The number of sulfone groups is 1. The highest BCUT2D eigenvalue weighted by atomic mass is 32.2. The Hall–Kier alpha value is -0.170. The van der Waals surface area contributed by atoms with Gasteiger partial charge in [0.2, 0.25) is 0 Å². The van der Waals surface area contributed by atoms with Crippen molar-refractivity contribution in [2.45, 2.75) is 13.0 Å². The average molecular weight is 250 g/mol. The van der Waals surface area contributed by atoms with Gasteiger partial charge in [-0.25, -0.2) is 8.42 Å². The Morgan fingerprint density at radius 1 is 1.38 bits per heavy atom. The van der Waals surface area contributed by atoms with Gasteiger partial charge >= 0.3 is 0 Å². The Labute approximate surface area is 98.1 Å². The van der Waals surface area contributed by atoms with Gasteiger partial charge in [0, 0.05) is 39.3 Å². The van der Waals surface area contributed by atoms with E-state index in [9.17, 15) is 8.42 Å². The minimum Gasteiger partial charge on any atom is -0.383 e. The first kappa shape index (κ1) is 13.9. The zero-order valence-electron chi connectivity index (χ0n) is 10.1. The first-order chi connectivity index (χ1) is 7.53. The lowest BCUT2D eigenvalue weighted by atomic mass is 10.3. The summed E-state index contributed by atoms with van der Waals surface area (Å²) < 4.78 is 27.4. The molecule has 0 saturated carbocycles. The minimum absolute atomic E-state index is 0.306. The Morgan fingerprint density at radius 2 is 2.00 bits per heavy atom. The standard InChI is InChI=1S/C10H22N2O3S/c1-10(9-15-2)11-3-4-12-5-7-16(13,14)8-6-12/h10-11H,3-9H2,1-2H3. The molecule has 0 spiro atoms. The van der Waals surface area contributed by atoms with Gasteiger partial charge in [-0.3, -0.25) is 0 Å². The number of ether oxygens (including phenoxy) is 1. The van der Waals surface area contributed by atoms with Crippen molar-refractivity contribution in [1.29, 1.82) is 0 Å². The van der Waals surface area contributed by atoms with Crippen LogP contribution in [-0.2, 0) is 14.6 Å². The lowest BCUT2D eigenvalue weighted by Gasteiger charge is -2.27. The number of rotatable bonds is 6. The first-order valence-electron chi connectivity index (χ1n) is 5.68. The van der Waals surface area contributed by atoms with E-state index < -0.39 is 9.84 Å². The van der Waals surface area contributed by atoms with Gasteiger partial charge < -0.3 is 15.0 Å². The number of nitrogens with zero attached hydrogens (tertiary/aromatic N) is 1. The maximum atomic E-state index is 11.2. The van der Waals surface area contributed by atoms with Gasteiger partial charge in [0.15, 0.2) is 9.84 Å². The summed E-state index contributed by atoms with van der Waals surface area (Å²) in [6, 6.07) is 0.346. The number of hydrogen-bond donors (Lipinski definition) is 1. The molecule has 0 aromatic rings. The second kappa shape index (κ2) is 6.54. The molecule has 0 radical (unpaired) electrons. The van der Waals surface area contributed by atoms with E-state index in [1.807, 2.05) is 0 Å². The maximum absolute atomic E-state index is 11.2. The van der Waals surface area contributed by atoms with Crippen LogP contribution in [0.5, 0.6) is 0 Å². The van der Waals surface area contributed by atoms with Gasteiger partial charge in [-0.15, -0.1) is 0 Å². The van der Waals surface area contributed by atoms with Crippen LogP contribution >= 0.6 is 0 Å². The van der Waals surface area contributed by atoms with Crippen LogP contribution in [0.4, 0.5) is 0 Å². The van der Waals surface area contributed by atoms with Crippen molar-refractivity contribution in [2.24, 2.45) is 0 Å². The Kier molecular flexibility index (Phi) is 5.68. The maximum Gasteiger partial charge on any atom is 0.152 e. The van der Waals surface area contributed by atoms with E-state index in [1.165, 1.54) is 0 Å². The second-order valence-corrected chi connectivity index (χ2v) is 6.61. The molecule has 0 amide bonds. The van der Waals surface area contributed by atoms with E-state index in [0.717, 1.165) is 13.1 Å². The van der Waals surface area contributed by atoms with Crippen molar-refractivity contribution in [3.8, 4) is 0 Å². The second-order valence-electron chi connectivity index (χ2n) is 4.30. The Balaban J connectivity index is 2.11. The number of methoxy groups -OCH3 is 1. The van der Waals surface area contributed by atoms with Crippen molar-refractivity contribution >= 4 is 9.84 Å². The molecule has 1 aliphatic heterocycles. The topological polar surface area (TPSA) is 58.6 Å². The molecule has 6 heteroatoms. The van der Waals surface area contributed by atoms with E-state index >= 15 is 0 Å². The summed E-state index contributed by atoms with van der Waals surface area (Å²) in [5, 5.41) is 3.34. The van der Waals surface area contributed by atoms with Crippen molar-refractivity contribution in [3.05, 3.63) is 0 Å². The van der Waals surface area contributed by atoms with Crippen LogP contribution < -0.4 is 5.32 Å². The smallest absolute Gasteiger partial charge is 0.152 e. The summed E-state index contributed by atoms with van der Waals surface area (Å²) in [6.45, 7) is 5.90. The highest BCUT2D eigenvalue weighted by Gasteiger charge is 2.20. The van der Waals surface area contributed by atoms with Gasteiger partial charge in [0.05, 0.1) is 18.1 Å². The molecule has 1 fully saturated rings. The van der Waals surface area contributed by atoms with Gasteiger partial charge in [0.25, 0.3) is 0 Å². The van der Waals surface area contributed by atoms with E-state index in [2.05, 4.69) is 17.1 Å². The molecule has 1 heterocycles. The predicted octanol–water partition coefficient (Wildman–Crippen LogP) is -0.659. The summed E-state index contributed by atoms with van der Waals surface area (Å²) in [5.74, 6) is 0.612. The van der Waals surface area contributed by atoms with Gasteiger partial charge in [-0.1, -0.05) is 0 Å². The molecule has 1 atom stereocenters. The summed E-state index contributed by atoms with van der Waals surface area (Å²) in [4.78, 5) is 2.19. The van der Waals surface area contributed by atoms with Crippen LogP contribution in [0.15, 0.2) is 0 Å². The number of nitrogens with one attached hydrogen (secondary N) is 1. The molecular formula is C10H22N2O3S. The molecular weight excluding hydrogens is 228 g/mol. The van der Waals surface area contributed by atoms with Crippen molar-refractivity contribution < 1.29 is 13.2 Å². The molecule has 0 aromatic heterocycles. The summed E-state index contributed by atoms with van der Waals surface area (Å²) in [7, 11) is -1.06. The van der Waals surface area contributed by atoms with Gasteiger partial charge in [-0.2, -0.15) is 0 Å². The molecule has 96 valence electrons. The molecule has 1 unspecified atom stereocenters. The molecule has 1 saturated heterocycles. The number of hydrogen-bond acceptors (Lipinski definition) is 5. The van der Waals surface area contributed by atoms with Crippen LogP contribution in [0.1, 0.15) is 6.92 Å². The molecule has 1 rings (SSSR count). The van der Waals surface area contributed by atoms with E-state index in [0.29, 0.717) is 37.2 Å². The lowest BCUT2D eigenvalue weighted by Crippen LogP contribution is -2.44. The van der Waals surface area contributed by atoms with Crippen LogP contribution in [-0.4, -0.2) is 70.8 Å². The fourth-order valence-corrected chi connectivity index (χ4v) is 3.03. The van der Waals surface area contributed by atoms with Crippen LogP contribution in [0.2, 0.25) is 0 Å². The Morgan fingerprint density at radius 3 is 2.56 bits per heavy atom. The molecule has 1 aliphatic rings. The van der Waals surface area contributed by atoms with Crippen LogP contribution in [0.3, 0.4) is 0 Å². The van der Waals surface area contributed by atoms with Gasteiger partial charge in [0.1, 0.15) is 0 Å². The summed E-state index contributed by atoms with van der Waals surface area (Å²) in [5.41, 5.74) is 0. The van der Waals surface area contributed by atoms with Crippen molar-refractivity contribution in [2.75, 3.05) is 51.4 Å². The fourth-order valence-electron chi connectivity index (χ4n) is 1.75. The largest absolute Gasteiger partial charge is 0.383 e. The SMILES string of the molecule is COCC(C)NCCN1CCS(=O)(=O)CC1. The molecule has 1 N–H and O–H groups in total. The molecule has 0 aliphatic carbocycles. The summed E-state index contributed by atoms with van der Waals surface area (Å²) >= 11 is 0. The third kappa shape index (κ3) is 5.25. The van der Waals surface area contributed by atoms with Crippen molar-refractivity contribution in [1.82, 2.24) is 10.2 Å². The molecule has 5 nitrogen and oxygen atoms in total. The van der Waals surface area contributed by atoms with E-state index in [4.69, 9.17) is 4.74 Å². The molecule has 16 heavy (non-hydrogen) atoms. The highest BCUT2D eigenvalue weighted by Crippen LogP contribution is 2.02. The van der Waals surface area contributed by atoms with E-state index in [1.54, 1.807) is 7.11 Å². The summed E-state index contributed by atoms with van der Waals surface area (Å²) in [6.07, 6.45) is 0. The monoisotopic (exact) mass is 250 g/mol. The molecule has 0 aromatic carbocycles. The predicted molar refractivity (Wildman–Crippen MR) is 64.4 cm³/mol. The Bertz CT molecular complexity index is 278. The third-order valence-electron chi connectivity index (χ3n) is 2.77. The van der Waals surface area contributed by atoms with Crippen LogP contribution in [0.25, 0.3) is 0 Å². The van der Waals surface area contributed by atoms with E-state index in [-0.39, 0.29) is 0 Å². The fraction of sp³-hybridized carbons (Fsp3) is 1.00. The average Bonchev–Trinajstić information content (AvgIpc) is 2.21. The van der Waals surface area contributed by atoms with Crippen LogP contribution in [0, 0.1) is 0 Å². The third-order valence-corrected chi connectivity index (χ3v) is 4.38. The molecule has 0 bridgehead atoms. The minimum atomic E-state index is -2.75. The zero-order chi connectivity index (χ0) is 12.0. The first-order valence-corrected chi connectivity index (χ1v) is 7.51. The quantitative estimate of drug-likeness (QED) is 0.678.